The number of benzene rings is 2. The second-order valence-corrected chi connectivity index (χ2v) is 7.82. The van der Waals surface area contributed by atoms with Gasteiger partial charge in [0.2, 0.25) is 5.88 Å². The van der Waals surface area contributed by atoms with Crippen LogP contribution >= 0.6 is 0 Å². The third-order valence-electron chi connectivity index (χ3n) is 5.97. The number of H-pyrrole nitrogens is 2. The molecule has 0 bridgehead atoms. The Bertz CT molecular complexity index is 1450. The van der Waals surface area contributed by atoms with Crippen molar-refractivity contribution in [2.24, 2.45) is 0 Å². The highest BCUT2D eigenvalue weighted by Gasteiger charge is 2.31. The average molecular weight is 448 g/mol. The molecule has 2 aromatic carbocycles. The van der Waals surface area contributed by atoms with Gasteiger partial charge in [-0.2, -0.15) is 0 Å². The summed E-state index contributed by atoms with van der Waals surface area (Å²) in [6.07, 6.45) is 0.746. The van der Waals surface area contributed by atoms with Crippen molar-refractivity contribution in [3.05, 3.63) is 80.1 Å². The number of nitrogens with zero attached hydrogens (tertiary/aromatic N) is 1. The Labute approximate surface area is 188 Å². The highest BCUT2D eigenvalue weighted by atomic mass is 16.5. The summed E-state index contributed by atoms with van der Waals surface area (Å²) in [7, 11) is 1.62. The average Bonchev–Trinajstić information content (AvgIpc) is 3.19. The van der Waals surface area contributed by atoms with Crippen LogP contribution in [0.4, 0.5) is 0 Å². The van der Waals surface area contributed by atoms with Gasteiger partial charge < -0.3 is 24.9 Å². The molecule has 3 heterocycles. The van der Waals surface area contributed by atoms with Gasteiger partial charge in [0.25, 0.3) is 5.56 Å². The molecule has 0 fully saturated rings. The maximum atomic E-state index is 12.9. The lowest BCUT2D eigenvalue weighted by Crippen LogP contribution is -2.38. The topological polar surface area (TPSA) is 121 Å². The molecule has 0 saturated carbocycles. The number of hydrogen-bond acceptors (Lipinski definition) is 6. The van der Waals surface area contributed by atoms with Crippen molar-refractivity contribution in [1.82, 2.24) is 19.9 Å². The summed E-state index contributed by atoms with van der Waals surface area (Å²) in [5, 5.41) is 15.5. The molecular formula is C24H24N4O5. The number of rotatable bonds is 5. The van der Waals surface area contributed by atoms with E-state index in [1.807, 2.05) is 25.1 Å². The standard InChI is InChI=1S/C24H24N4O5/c1-3-33-14-6-4-13(5-7-14)28-23(30)19(22(29)27-24(28)31)21-20-16(10-11-25-21)17-12-15(32-2)8-9-18(17)26-20/h4-9,12,21,25-26,30H,3,10-11H2,1-2H3,(H,27,29,31). The van der Waals surface area contributed by atoms with Gasteiger partial charge in [-0.1, -0.05) is 0 Å². The van der Waals surface area contributed by atoms with E-state index in [-0.39, 0.29) is 5.56 Å². The zero-order valence-corrected chi connectivity index (χ0v) is 18.3. The summed E-state index contributed by atoms with van der Waals surface area (Å²) in [6, 6.07) is 11.8. The van der Waals surface area contributed by atoms with Gasteiger partial charge in [-0.25, -0.2) is 9.36 Å². The fourth-order valence-electron chi connectivity index (χ4n) is 4.48. The molecule has 1 atom stereocenters. The van der Waals surface area contributed by atoms with Crippen LogP contribution in [-0.4, -0.2) is 39.9 Å². The summed E-state index contributed by atoms with van der Waals surface area (Å²) in [5.41, 5.74) is 1.86. The Kier molecular flexibility index (Phi) is 5.18. The van der Waals surface area contributed by atoms with Gasteiger partial charge in [-0.15, -0.1) is 0 Å². The van der Waals surface area contributed by atoms with Crippen LogP contribution < -0.4 is 26.0 Å². The van der Waals surface area contributed by atoms with Crippen molar-refractivity contribution in [1.29, 1.82) is 0 Å². The molecule has 1 aliphatic rings. The molecule has 170 valence electrons. The van der Waals surface area contributed by atoms with Crippen LogP contribution in [-0.2, 0) is 6.42 Å². The van der Waals surface area contributed by atoms with E-state index in [0.29, 0.717) is 24.6 Å². The van der Waals surface area contributed by atoms with E-state index in [1.54, 1.807) is 31.4 Å². The molecule has 2 aromatic heterocycles. The molecule has 9 heteroatoms. The normalized spacial score (nSPS) is 15.4. The van der Waals surface area contributed by atoms with E-state index in [0.717, 1.165) is 38.9 Å². The van der Waals surface area contributed by atoms with Crippen molar-refractivity contribution in [2.75, 3.05) is 20.3 Å². The van der Waals surface area contributed by atoms with Crippen molar-refractivity contribution < 1.29 is 14.6 Å². The maximum absolute atomic E-state index is 12.9. The molecule has 33 heavy (non-hydrogen) atoms. The van der Waals surface area contributed by atoms with Crippen LogP contribution in [0.5, 0.6) is 17.4 Å². The lowest BCUT2D eigenvalue weighted by molar-refractivity contribution is 0.340. The lowest BCUT2D eigenvalue weighted by Gasteiger charge is -2.25. The molecular weight excluding hydrogens is 424 g/mol. The predicted octanol–water partition coefficient (Wildman–Crippen LogP) is 2.36. The van der Waals surface area contributed by atoms with Crippen molar-refractivity contribution in [2.45, 2.75) is 19.4 Å². The minimum absolute atomic E-state index is 0.0722. The smallest absolute Gasteiger partial charge is 0.335 e. The summed E-state index contributed by atoms with van der Waals surface area (Å²) in [5.74, 6) is 0.976. The van der Waals surface area contributed by atoms with Gasteiger partial charge >= 0.3 is 5.69 Å². The van der Waals surface area contributed by atoms with Gasteiger partial charge in [0, 0.05) is 23.1 Å². The Morgan fingerprint density at radius 3 is 2.58 bits per heavy atom. The zero-order valence-electron chi connectivity index (χ0n) is 18.3. The second-order valence-electron chi connectivity index (χ2n) is 7.82. The van der Waals surface area contributed by atoms with Crippen LogP contribution in [0, 0.1) is 0 Å². The van der Waals surface area contributed by atoms with Crippen LogP contribution in [0.15, 0.2) is 52.1 Å². The molecule has 1 aliphatic heterocycles. The Morgan fingerprint density at radius 1 is 1.09 bits per heavy atom. The fraction of sp³-hybridized carbons (Fsp3) is 0.250. The molecule has 4 aromatic rings. The van der Waals surface area contributed by atoms with Crippen LogP contribution in [0.3, 0.4) is 0 Å². The first-order chi connectivity index (χ1) is 16.0. The van der Waals surface area contributed by atoms with E-state index < -0.39 is 23.2 Å². The van der Waals surface area contributed by atoms with Crippen molar-refractivity contribution >= 4 is 10.9 Å². The zero-order chi connectivity index (χ0) is 23.1. The summed E-state index contributed by atoms with van der Waals surface area (Å²) >= 11 is 0. The Balaban J connectivity index is 1.66. The van der Waals surface area contributed by atoms with Gasteiger partial charge in [-0.05, 0) is 61.4 Å². The fourth-order valence-corrected chi connectivity index (χ4v) is 4.48. The number of fused-ring (bicyclic) bond motifs is 3. The Morgan fingerprint density at radius 2 is 1.85 bits per heavy atom. The molecule has 5 rings (SSSR count). The minimum atomic E-state index is -0.720. The molecule has 0 spiro atoms. The molecule has 4 N–H and O–H groups in total. The second kappa shape index (κ2) is 8.18. The molecule has 0 saturated heterocycles. The minimum Gasteiger partial charge on any atom is -0.497 e. The largest absolute Gasteiger partial charge is 0.497 e. The monoisotopic (exact) mass is 448 g/mol. The summed E-state index contributed by atoms with van der Waals surface area (Å²) in [6.45, 7) is 2.99. The van der Waals surface area contributed by atoms with Crippen LogP contribution in [0.1, 0.15) is 29.8 Å². The van der Waals surface area contributed by atoms with Gasteiger partial charge in [-0.3, -0.25) is 9.78 Å². The summed E-state index contributed by atoms with van der Waals surface area (Å²) < 4.78 is 11.9. The summed E-state index contributed by atoms with van der Waals surface area (Å²) in [4.78, 5) is 31.3. The lowest BCUT2D eigenvalue weighted by atomic mass is 9.95. The number of aromatic nitrogens is 3. The third kappa shape index (κ3) is 3.46. The predicted molar refractivity (Wildman–Crippen MR) is 124 cm³/mol. The van der Waals surface area contributed by atoms with E-state index >= 15 is 0 Å². The van der Waals surface area contributed by atoms with Gasteiger partial charge in [0.05, 0.1) is 25.4 Å². The van der Waals surface area contributed by atoms with E-state index in [9.17, 15) is 14.7 Å². The number of aromatic amines is 2. The SMILES string of the molecule is CCOc1ccc(-n2c(O)c(C3NCCc4c3[nH]c3ccc(OC)cc43)c(=O)[nH]c2=O)cc1. The molecule has 1 unspecified atom stereocenters. The highest BCUT2D eigenvalue weighted by molar-refractivity contribution is 5.86. The van der Waals surface area contributed by atoms with Crippen molar-refractivity contribution in [3.8, 4) is 23.1 Å². The molecule has 9 nitrogen and oxygen atoms in total. The molecule has 0 aliphatic carbocycles. The Hall–Kier alpha value is -3.98. The molecule has 0 amide bonds. The number of nitrogens with one attached hydrogen (secondary N) is 3. The van der Waals surface area contributed by atoms with E-state index in [1.165, 1.54) is 0 Å². The van der Waals surface area contributed by atoms with Crippen LogP contribution in [0.25, 0.3) is 16.6 Å². The first-order valence-corrected chi connectivity index (χ1v) is 10.7. The number of methoxy groups -OCH3 is 1. The highest BCUT2D eigenvalue weighted by Crippen LogP contribution is 2.36. The first kappa shape index (κ1) is 20.9. The van der Waals surface area contributed by atoms with E-state index in [2.05, 4.69) is 15.3 Å². The van der Waals surface area contributed by atoms with Gasteiger partial charge in [0.1, 0.15) is 17.1 Å². The maximum Gasteiger partial charge on any atom is 0.335 e. The number of hydrogen-bond donors (Lipinski definition) is 4. The van der Waals surface area contributed by atoms with Crippen LogP contribution in [0.2, 0.25) is 0 Å². The van der Waals surface area contributed by atoms with Crippen molar-refractivity contribution in [3.63, 3.8) is 0 Å². The first-order valence-electron chi connectivity index (χ1n) is 10.7. The number of ether oxygens (including phenoxy) is 2. The third-order valence-corrected chi connectivity index (χ3v) is 5.97. The number of aromatic hydroxyl groups is 1. The quantitative estimate of drug-likeness (QED) is 0.372. The van der Waals surface area contributed by atoms with E-state index in [4.69, 9.17) is 9.47 Å². The molecule has 0 radical (unpaired) electrons. The van der Waals surface area contributed by atoms with Gasteiger partial charge in [0.15, 0.2) is 0 Å².